The number of hydrogen-bond acceptors (Lipinski definition) is 4. The zero-order valence-corrected chi connectivity index (χ0v) is 13.3. The number of carbonyl (C=O) groups excluding carboxylic acids is 1. The molecule has 1 saturated carbocycles. The van der Waals surface area contributed by atoms with Crippen LogP contribution in [0.1, 0.15) is 51.4 Å². The molecule has 2 N–H and O–H groups in total. The molecule has 2 rings (SSSR count). The molecule has 1 heterocycles. The number of ether oxygens (including phenoxy) is 2. The van der Waals surface area contributed by atoms with Gasteiger partial charge in [0, 0.05) is 39.3 Å². The number of carbonyl (C=O) groups is 1. The van der Waals surface area contributed by atoms with Crippen LogP contribution in [0.4, 0.5) is 0 Å². The van der Waals surface area contributed by atoms with E-state index in [0.29, 0.717) is 25.6 Å². The Morgan fingerprint density at radius 3 is 2.86 bits per heavy atom. The second-order valence-electron chi connectivity index (χ2n) is 6.33. The third kappa shape index (κ3) is 5.57. The van der Waals surface area contributed by atoms with E-state index in [1.807, 2.05) is 0 Å². The molecule has 1 aliphatic heterocycles. The molecule has 5 heteroatoms. The van der Waals surface area contributed by atoms with E-state index in [1.165, 1.54) is 32.1 Å². The Labute approximate surface area is 128 Å². The molecule has 1 spiro atoms. The fraction of sp³-hybridized carbons (Fsp3) is 0.938. The van der Waals surface area contributed by atoms with Gasteiger partial charge in [-0.25, -0.2) is 0 Å². The van der Waals surface area contributed by atoms with Crippen LogP contribution < -0.4 is 10.6 Å². The van der Waals surface area contributed by atoms with Crippen molar-refractivity contribution in [3.63, 3.8) is 0 Å². The maximum atomic E-state index is 11.6. The summed E-state index contributed by atoms with van der Waals surface area (Å²) in [6.45, 7) is 2.77. The van der Waals surface area contributed by atoms with Crippen molar-refractivity contribution < 1.29 is 14.3 Å². The number of nitrogens with one attached hydrogen (secondary N) is 2. The van der Waals surface area contributed by atoms with Gasteiger partial charge in [0.05, 0.1) is 12.2 Å². The third-order valence-corrected chi connectivity index (χ3v) is 4.67. The van der Waals surface area contributed by atoms with Crippen LogP contribution in [0.3, 0.4) is 0 Å². The predicted octanol–water partition coefficient (Wildman–Crippen LogP) is 1.61. The molecule has 0 bridgehead atoms. The summed E-state index contributed by atoms with van der Waals surface area (Å²) in [4.78, 5) is 11.6. The molecule has 2 aliphatic rings. The van der Waals surface area contributed by atoms with Gasteiger partial charge in [-0.1, -0.05) is 19.3 Å². The highest BCUT2D eigenvalue weighted by Gasteiger charge is 2.38. The van der Waals surface area contributed by atoms with Crippen molar-refractivity contribution in [2.45, 2.75) is 63.0 Å². The monoisotopic (exact) mass is 298 g/mol. The topological polar surface area (TPSA) is 59.6 Å². The first-order chi connectivity index (χ1) is 10.2. The summed E-state index contributed by atoms with van der Waals surface area (Å²) in [7, 11) is 1.64. The first-order valence-corrected chi connectivity index (χ1v) is 8.37. The van der Waals surface area contributed by atoms with Crippen molar-refractivity contribution in [3.05, 3.63) is 0 Å². The Hall–Kier alpha value is -0.650. The molecule has 122 valence electrons. The van der Waals surface area contributed by atoms with Crippen LogP contribution in [0.2, 0.25) is 0 Å². The van der Waals surface area contributed by atoms with E-state index < -0.39 is 0 Å². The maximum absolute atomic E-state index is 11.6. The third-order valence-electron chi connectivity index (χ3n) is 4.67. The maximum Gasteiger partial charge on any atom is 0.221 e. The first-order valence-electron chi connectivity index (χ1n) is 8.37. The summed E-state index contributed by atoms with van der Waals surface area (Å²) in [5.41, 5.74) is 0.134. The van der Waals surface area contributed by atoms with Gasteiger partial charge in [0.1, 0.15) is 0 Å². The smallest absolute Gasteiger partial charge is 0.221 e. The summed E-state index contributed by atoms with van der Waals surface area (Å²) in [5.74, 6) is 0.0963. The molecule has 21 heavy (non-hydrogen) atoms. The van der Waals surface area contributed by atoms with Gasteiger partial charge in [-0.3, -0.25) is 4.79 Å². The van der Waals surface area contributed by atoms with E-state index in [-0.39, 0.29) is 11.5 Å². The molecule has 0 aromatic heterocycles. The molecule has 1 unspecified atom stereocenters. The molecule has 0 aromatic rings. The highest BCUT2D eigenvalue weighted by atomic mass is 16.5. The zero-order valence-electron chi connectivity index (χ0n) is 13.3. The van der Waals surface area contributed by atoms with Crippen LogP contribution in [-0.4, -0.2) is 51.0 Å². The molecule has 1 aliphatic carbocycles. The molecule has 1 amide bonds. The Kier molecular flexibility index (Phi) is 6.93. The second kappa shape index (κ2) is 8.71. The highest BCUT2D eigenvalue weighted by molar-refractivity contribution is 5.76. The predicted molar refractivity (Wildman–Crippen MR) is 82.3 cm³/mol. The average Bonchev–Trinajstić information content (AvgIpc) is 2.48. The lowest BCUT2D eigenvalue weighted by atomic mass is 9.78. The summed E-state index contributed by atoms with van der Waals surface area (Å²) in [6.07, 6.45) is 9.08. The lowest BCUT2D eigenvalue weighted by Crippen LogP contribution is -2.48. The lowest BCUT2D eigenvalue weighted by molar-refractivity contribution is -0.121. The quantitative estimate of drug-likeness (QED) is 0.701. The minimum atomic E-state index is 0.0963. The standard InChI is InChI=1S/C16H30N2O3/c1-20-12-10-18-15(19)5-9-17-14-6-11-21-16(13-14)7-3-2-4-8-16/h14,17H,2-13H2,1H3,(H,18,19). The summed E-state index contributed by atoms with van der Waals surface area (Å²) in [6, 6.07) is 0.503. The normalized spacial score (nSPS) is 24.9. The van der Waals surface area contributed by atoms with E-state index in [0.717, 1.165) is 26.0 Å². The van der Waals surface area contributed by atoms with Crippen molar-refractivity contribution in [3.8, 4) is 0 Å². The first kappa shape index (κ1) is 16.7. The molecular formula is C16H30N2O3. The van der Waals surface area contributed by atoms with Crippen molar-refractivity contribution in [1.82, 2.24) is 10.6 Å². The number of amides is 1. The number of rotatable bonds is 7. The van der Waals surface area contributed by atoms with E-state index in [1.54, 1.807) is 7.11 Å². The van der Waals surface area contributed by atoms with E-state index in [2.05, 4.69) is 10.6 Å². The van der Waals surface area contributed by atoms with Crippen molar-refractivity contribution in [1.29, 1.82) is 0 Å². The molecule has 1 atom stereocenters. The van der Waals surface area contributed by atoms with Gasteiger partial charge in [0.2, 0.25) is 5.91 Å². The van der Waals surface area contributed by atoms with Crippen molar-refractivity contribution >= 4 is 5.91 Å². The van der Waals surface area contributed by atoms with Crippen LogP contribution in [-0.2, 0) is 14.3 Å². The summed E-state index contributed by atoms with van der Waals surface area (Å²) in [5, 5.41) is 6.39. The summed E-state index contributed by atoms with van der Waals surface area (Å²) >= 11 is 0. The van der Waals surface area contributed by atoms with E-state index in [9.17, 15) is 4.79 Å². The van der Waals surface area contributed by atoms with Gasteiger partial charge in [0.15, 0.2) is 0 Å². The van der Waals surface area contributed by atoms with Crippen LogP contribution in [0.15, 0.2) is 0 Å². The van der Waals surface area contributed by atoms with Crippen molar-refractivity contribution in [2.75, 3.05) is 33.4 Å². The molecule has 5 nitrogen and oxygen atoms in total. The molecule has 0 aromatic carbocycles. The minimum Gasteiger partial charge on any atom is -0.383 e. The Balaban J connectivity index is 1.63. The highest BCUT2D eigenvalue weighted by Crippen LogP contribution is 2.38. The largest absolute Gasteiger partial charge is 0.383 e. The van der Waals surface area contributed by atoms with Crippen LogP contribution in [0.25, 0.3) is 0 Å². The fourth-order valence-corrected chi connectivity index (χ4v) is 3.52. The van der Waals surface area contributed by atoms with E-state index in [4.69, 9.17) is 9.47 Å². The van der Waals surface area contributed by atoms with Crippen LogP contribution in [0.5, 0.6) is 0 Å². The number of methoxy groups -OCH3 is 1. The Morgan fingerprint density at radius 2 is 2.10 bits per heavy atom. The average molecular weight is 298 g/mol. The Morgan fingerprint density at radius 1 is 1.29 bits per heavy atom. The molecule has 2 fully saturated rings. The van der Waals surface area contributed by atoms with Gasteiger partial charge in [0.25, 0.3) is 0 Å². The SMILES string of the molecule is COCCNC(=O)CCNC1CCOC2(CCCCC2)C1. The van der Waals surface area contributed by atoms with Crippen molar-refractivity contribution in [2.24, 2.45) is 0 Å². The minimum absolute atomic E-state index is 0.0963. The van der Waals surface area contributed by atoms with Gasteiger partial charge in [-0.2, -0.15) is 0 Å². The summed E-state index contributed by atoms with van der Waals surface area (Å²) < 4.78 is 11.0. The molecular weight excluding hydrogens is 268 g/mol. The van der Waals surface area contributed by atoms with Crippen LogP contribution in [0, 0.1) is 0 Å². The Bertz CT molecular complexity index is 311. The fourth-order valence-electron chi connectivity index (χ4n) is 3.52. The zero-order chi connectivity index (χ0) is 15.0. The van der Waals surface area contributed by atoms with Crippen LogP contribution >= 0.6 is 0 Å². The lowest BCUT2D eigenvalue weighted by Gasteiger charge is -2.43. The second-order valence-corrected chi connectivity index (χ2v) is 6.33. The number of hydrogen-bond donors (Lipinski definition) is 2. The van der Waals surface area contributed by atoms with Gasteiger partial charge in [-0.15, -0.1) is 0 Å². The molecule has 0 radical (unpaired) electrons. The van der Waals surface area contributed by atoms with Gasteiger partial charge >= 0.3 is 0 Å². The molecule has 1 saturated heterocycles. The van der Waals surface area contributed by atoms with Gasteiger partial charge < -0.3 is 20.1 Å². The van der Waals surface area contributed by atoms with Gasteiger partial charge in [-0.05, 0) is 25.7 Å². The van der Waals surface area contributed by atoms with E-state index >= 15 is 0 Å².